The van der Waals surface area contributed by atoms with Gasteiger partial charge in [-0.2, -0.15) is 0 Å². The van der Waals surface area contributed by atoms with Crippen LogP contribution >= 0.6 is 31.9 Å². The highest BCUT2D eigenvalue weighted by molar-refractivity contribution is 9.11. The fraction of sp³-hybridized carbons (Fsp3) is 0.308. The monoisotopic (exact) mass is 421 g/mol. The number of carboxylic acids is 2. The van der Waals surface area contributed by atoms with Gasteiger partial charge in [-0.15, -0.1) is 0 Å². The molecule has 21 heavy (non-hydrogen) atoms. The largest absolute Gasteiger partial charge is 0.481 e. The molecule has 0 heterocycles. The van der Waals surface area contributed by atoms with Gasteiger partial charge in [-0.3, -0.25) is 9.59 Å². The first-order valence-corrected chi connectivity index (χ1v) is 7.60. The van der Waals surface area contributed by atoms with Crippen LogP contribution in [0.4, 0.5) is 0 Å². The molecular formula is C13H13Br2NO5. The van der Waals surface area contributed by atoms with Crippen LogP contribution in [0.2, 0.25) is 0 Å². The molecule has 0 unspecified atom stereocenters. The normalized spacial score (nSPS) is 11.7. The highest BCUT2D eigenvalue weighted by Gasteiger charge is 2.21. The van der Waals surface area contributed by atoms with Gasteiger partial charge in [0.05, 0.1) is 5.56 Å². The number of hydrogen-bond donors (Lipinski definition) is 3. The molecular weight excluding hydrogens is 410 g/mol. The minimum absolute atomic E-state index is 0.0571. The molecule has 8 heteroatoms. The van der Waals surface area contributed by atoms with Gasteiger partial charge in [0.25, 0.3) is 5.91 Å². The van der Waals surface area contributed by atoms with Gasteiger partial charge in [-0.1, -0.05) is 15.9 Å². The molecule has 0 fully saturated rings. The van der Waals surface area contributed by atoms with Crippen molar-refractivity contribution in [2.24, 2.45) is 0 Å². The molecule has 3 N–H and O–H groups in total. The van der Waals surface area contributed by atoms with E-state index in [1.165, 1.54) is 0 Å². The number of carbonyl (C=O) groups excluding carboxylic acids is 1. The Labute approximate surface area is 137 Å². The van der Waals surface area contributed by atoms with Crippen LogP contribution in [0.25, 0.3) is 0 Å². The molecule has 0 aromatic heterocycles. The quantitative estimate of drug-likeness (QED) is 0.626. The number of rotatable bonds is 7. The maximum absolute atomic E-state index is 12.1. The van der Waals surface area contributed by atoms with Gasteiger partial charge in [0.1, 0.15) is 6.04 Å². The van der Waals surface area contributed by atoms with E-state index in [9.17, 15) is 14.4 Å². The second kappa shape index (κ2) is 8.14. The fourth-order valence-corrected chi connectivity index (χ4v) is 2.85. The number of nitrogens with one attached hydrogen (secondary N) is 1. The Morgan fingerprint density at radius 2 is 1.86 bits per heavy atom. The van der Waals surface area contributed by atoms with Gasteiger partial charge in [0.2, 0.25) is 0 Å². The van der Waals surface area contributed by atoms with Gasteiger partial charge < -0.3 is 15.5 Å². The van der Waals surface area contributed by atoms with E-state index >= 15 is 0 Å². The van der Waals surface area contributed by atoms with E-state index < -0.39 is 23.9 Å². The lowest BCUT2D eigenvalue weighted by Crippen LogP contribution is -2.40. The summed E-state index contributed by atoms with van der Waals surface area (Å²) in [5, 5.41) is 20.0. The Kier molecular flexibility index (Phi) is 6.83. The summed E-state index contributed by atoms with van der Waals surface area (Å²) in [5.74, 6) is -2.72. The molecule has 0 saturated carbocycles. The molecule has 0 bridgehead atoms. The van der Waals surface area contributed by atoms with Crippen molar-refractivity contribution in [1.29, 1.82) is 0 Å². The molecule has 0 aliphatic carbocycles. The van der Waals surface area contributed by atoms with Crippen LogP contribution in [0.3, 0.4) is 0 Å². The Balaban J connectivity index is 2.72. The summed E-state index contributed by atoms with van der Waals surface area (Å²) < 4.78 is 1.31. The van der Waals surface area contributed by atoms with Crippen LogP contribution < -0.4 is 5.32 Å². The van der Waals surface area contributed by atoms with E-state index in [2.05, 4.69) is 37.2 Å². The van der Waals surface area contributed by atoms with Crippen molar-refractivity contribution >= 4 is 49.7 Å². The number of benzene rings is 1. The molecule has 0 spiro atoms. The summed E-state index contributed by atoms with van der Waals surface area (Å²) in [6, 6.07) is 3.78. The second-order valence-corrected chi connectivity index (χ2v) is 6.04. The molecule has 0 saturated heterocycles. The smallest absolute Gasteiger partial charge is 0.326 e. The third-order valence-corrected chi connectivity index (χ3v) is 3.81. The number of carbonyl (C=O) groups is 3. The highest BCUT2D eigenvalue weighted by Crippen LogP contribution is 2.22. The first-order valence-electron chi connectivity index (χ1n) is 6.01. The lowest BCUT2D eigenvalue weighted by Gasteiger charge is -2.14. The Hall–Kier alpha value is -1.41. The van der Waals surface area contributed by atoms with Crippen molar-refractivity contribution in [2.75, 3.05) is 0 Å². The molecule has 1 rings (SSSR count). The summed E-state index contributed by atoms with van der Waals surface area (Å²) in [4.78, 5) is 33.6. The van der Waals surface area contributed by atoms with Crippen LogP contribution in [-0.2, 0) is 9.59 Å². The van der Waals surface area contributed by atoms with Crippen molar-refractivity contribution in [2.45, 2.75) is 25.3 Å². The summed E-state index contributed by atoms with van der Waals surface area (Å²) in [6.07, 6.45) is 0.0945. The number of halogens is 2. The topological polar surface area (TPSA) is 104 Å². The van der Waals surface area contributed by atoms with E-state index in [4.69, 9.17) is 10.2 Å². The minimum Gasteiger partial charge on any atom is -0.481 e. The van der Waals surface area contributed by atoms with Crippen LogP contribution in [0.1, 0.15) is 29.6 Å². The number of carboxylic acid groups (broad SMARTS) is 2. The van der Waals surface area contributed by atoms with Crippen LogP contribution in [0, 0.1) is 0 Å². The number of amides is 1. The SMILES string of the molecule is O=C(O)CCC[C@@H](NC(=O)c1ccc(Br)cc1Br)C(=O)O. The van der Waals surface area contributed by atoms with Crippen molar-refractivity contribution in [1.82, 2.24) is 5.32 Å². The third kappa shape index (κ3) is 5.84. The highest BCUT2D eigenvalue weighted by atomic mass is 79.9. The number of aliphatic carboxylic acids is 2. The van der Waals surface area contributed by atoms with Gasteiger partial charge in [0.15, 0.2) is 0 Å². The molecule has 1 aromatic carbocycles. The van der Waals surface area contributed by atoms with E-state index in [0.717, 1.165) is 4.47 Å². The zero-order valence-electron chi connectivity index (χ0n) is 10.8. The van der Waals surface area contributed by atoms with E-state index in [0.29, 0.717) is 10.0 Å². The first kappa shape index (κ1) is 17.6. The third-order valence-electron chi connectivity index (χ3n) is 2.66. The lowest BCUT2D eigenvalue weighted by molar-refractivity contribution is -0.140. The average molecular weight is 423 g/mol. The summed E-state index contributed by atoms with van der Waals surface area (Å²) in [6.45, 7) is 0. The maximum atomic E-state index is 12.1. The van der Waals surface area contributed by atoms with Gasteiger partial charge in [-0.05, 0) is 47.0 Å². The van der Waals surface area contributed by atoms with E-state index in [1.807, 2.05) is 0 Å². The minimum atomic E-state index is -1.19. The van der Waals surface area contributed by atoms with E-state index in [-0.39, 0.29) is 19.3 Å². The molecule has 1 aromatic rings. The molecule has 6 nitrogen and oxygen atoms in total. The molecule has 1 amide bonds. The zero-order valence-corrected chi connectivity index (χ0v) is 14.0. The molecule has 0 aliphatic rings. The standard InChI is InChI=1S/C13H13Br2NO5/c14-7-4-5-8(9(15)6-7)12(19)16-10(13(20)21)2-1-3-11(17)18/h4-6,10H,1-3H2,(H,16,19)(H,17,18)(H,20,21)/t10-/m1/s1. The van der Waals surface area contributed by atoms with Crippen LogP contribution in [0.15, 0.2) is 27.1 Å². The summed E-state index contributed by atoms with van der Waals surface area (Å²) in [5.41, 5.74) is 0.308. The average Bonchev–Trinajstić information content (AvgIpc) is 2.36. The molecule has 1 atom stereocenters. The predicted octanol–water partition coefficient (Wildman–Crippen LogP) is 2.65. The van der Waals surface area contributed by atoms with Crippen molar-refractivity contribution in [3.63, 3.8) is 0 Å². The van der Waals surface area contributed by atoms with Crippen molar-refractivity contribution in [3.05, 3.63) is 32.7 Å². The summed E-state index contributed by atoms with van der Waals surface area (Å²) in [7, 11) is 0. The Morgan fingerprint density at radius 1 is 1.19 bits per heavy atom. The maximum Gasteiger partial charge on any atom is 0.326 e. The molecule has 0 radical (unpaired) electrons. The van der Waals surface area contributed by atoms with Gasteiger partial charge >= 0.3 is 11.9 Å². The van der Waals surface area contributed by atoms with Crippen molar-refractivity contribution < 1.29 is 24.6 Å². The second-order valence-electron chi connectivity index (χ2n) is 4.27. The van der Waals surface area contributed by atoms with Gasteiger partial charge in [-0.25, -0.2) is 4.79 Å². The Bertz CT molecular complexity index is 561. The molecule has 0 aliphatic heterocycles. The first-order chi connectivity index (χ1) is 9.81. The van der Waals surface area contributed by atoms with Crippen LogP contribution in [0.5, 0.6) is 0 Å². The summed E-state index contributed by atoms with van der Waals surface area (Å²) >= 11 is 6.49. The van der Waals surface area contributed by atoms with Crippen molar-refractivity contribution in [3.8, 4) is 0 Å². The fourth-order valence-electron chi connectivity index (χ4n) is 1.62. The predicted molar refractivity (Wildman–Crippen MR) is 82.2 cm³/mol. The van der Waals surface area contributed by atoms with Crippen LogP contribution in [-0.4, -0.2) is 34.1 Å². The number of hydrogen-bond acceptors (Lipinski definition) is 3. The molecule has 114 valence electrons. The van der Waals surface area contributed by atoms with E-state index in [1.54, 1.807) is 18.2 Å². The zero-order chi connectivity index (χ0) is 16.0. The van der Waals surface area contributed by atoms with Gasteiger partial charge in [0, 0.05) is 15.4 Å². The lowest BCUT2D eigenvalue weighted by atomic mass is 10.1. The Morgan fingerprint density at radius 3 is 2.38 bits per heavy atom.